The van der Waals surface area contributed by atoms with Crippen LogP contribution in [0.2, 0.25) is 0 Å². The van der Waals surface area contributed by atoms with E-state index in [-0.39, 0.29) is 5.56 Å². The summed E-state index contributed by atoms with van der Waals surface area (Å²) in [5, 5.41) is 9.07. The highest BCUT2D eigenvalue weighted by atomic mass is 16.4. The maximum atomic E-state index is 11.1. The molecule has 90 valence electrons. The molecule has 3 N–H and O–H groups in total. The molecule has 1 saturated heterocycles. The highest BCUT2D eigenvalue weighted by Crippen LogP contribution is 2.40. The van der Waals surface area contributed by atoms with E-state index in [2.05, 4.69) is 4.90 Å². The van der Waals surface area contributed by atoms with E-state index in [0.29, 0.717) is 11.7 Å². The molecule has 0 amide bonds. The molecule has 0 spiro atoms. The second kappa shape index (κ2) is 3.65. The molecule has 2 atom stereocenters. The molecule has 4 nitrogen and oxygen atoms in total. The van der Waals surface area contributed by atoms with Gasteiger partial charge in [-0.1, -0.05) is 0 Å². The zero-order valence-corrected chi connectivity index (χ0v) is 9.60. The zero-order valence-electron chi connectivity index (χ0n) is 9.60. The van der Waals surface area contributed by atoms with Gasteiger partial charge in [-0.2, -0.15) is 0 Å². The standard InChI is InChI=1S/C13H16N2O2/c14-12-4-3-10(6-11(12)13(16)17)15-7-8-1-2-9(15)5-8/h3-4,6,8-9H,1-2,5,7,14H2,(H,16,17). The van der Waals surface area contributed by atoms with E-state index < -0.39 is 5.97 Å². The van der Waals surface area contributed by atoms with E-state index in [9.17, 15) is 4.79 Å². The average Bonchev–Trinajstić information content (AvgIpc) is 2.91. The number of nitrogen functional groups attached to an aromatic ring is 1. The van der Waals surface area contributed by atoms with Gasteiger partial charge >= 0.3 is 5.97 Å². The SMILES string of the molecule is Nc1ccc(N2CC3CCC2C3)cc1C(=O)O. The molecule has 1 heterocycles. The van der Waals surface area contributed by atoms with Gasteiger partial charge in [-0.3, -0.25) is 0 Å². The zero-order chi connectivity index (χ0) is 12.0. The first-order valence-electron chi connectivity index (χ1n) is 6.04. The van der Waals surface area contributed by atoms with Gasteiger partial charge < -0.3 is 15.7 Å². The van der Waals surface area contributed by atoms with Crippen molar-refractivity contribution in [2.75, 3.05) is 17.2 Å². The first-order chi connectivity index (χ1) is 8.15. The quantitative estimate of drug-likeness (QED) is 0.765. The molecule has 1 aromatic carbocycles. The van der Waals surface area contributed by atoms with Crippen molar-refractivity contribution in [2.24, 2.45) is 5.92 Å². The number of benzene rings is 1. The normalized spacial score (nSPS) is 26.5. The van der Waals surface area contributed by atoms with Gasteiger partial charge in [0, 0.05) is 24.0 Å². The minimum atomic E-state index is -0.950. The molecule has 0 radical (unpaired) electrons. The predicted octanol–water partition coefficient (Wildman–Crippen LogP) is 1.96. The lowest BCUT2D eigenvalue weighted by molar-refractivity contribution is 0.0698. The number of piperidine rings is 1. The predicted molar refractivity (Wildman–Crippen MR) is 66.3 cm³/mol. The Morgan fingerprint density at radius 1 is 1.41 bits per heavy atom. The topological polar surface area (TPSA) is 66.6 Å². The summed E-state index contributed by atoms with van der Waals surface area (Å²) in [4.78, 5) is 13.4. The number of hydrogen-bond donors (Lipinski definition) is 2. The van der Waals surface area contributed by atoms with Crippen molar-refractivity contribution in [3.05, 3.63) is 23.8 Å². The molecule has 1 aliphatic heterocycles. The molecule has 17 heavy (non-hydrogen) atoms. The summed E-state index contributed by atoms with van der Waals surface area (Å²) in [5.74, 6) is -0.153. The monoisotopic (exact) mass is 232 g/mol. The number of carboxylic acid groups (broad SMARTS) is 1. The van der Waals surface area contributed by atoms with E-state index >= 15 is 0 Å². The van der Waals surface area contributed by atoms with Crippen molar-refractivity contribution < 1.29 is 9.90 Å². The molecule has 2 unspecified atom stereocenters. The van der Waals surface area contributed by atoms with Crippen LogP contribution in [0.25, 0.3) is 0 Å². The van der Waals surface area contributed by atoms with Crippen LogP contribution >= 0.6 is 0 Å². The minimum Gasteiger partial charge on any atom is -0.478 e. The molecular formula is C13H16N2O2. The van der Waals surface area contributed by atoms with Gasteiger partial charge in [0.05, 0.1) is 5.56 Å². The fraction of sp³-hybridized carbons (Fsp3) is 0.462. The van der Waals surface area contributed by atoms with Gasteiger partial charge in [0.1, 0.15) is 0 Å². The third-order valence-corrected chi connectivity index (χ3v) is 4.01. The average molecular weight is 232 g/mol. The van der Waals surface area contributed by atoms with E-state index in [4.69, 9.17) is 10.8 Å². The van der Waals surface area contributed by atoms with Crippen LogP contribution in [0.3, 0.4) is 0 Å². The Kier molecular flexibility index (Phi) is 2.24. The van der Waals surface area contributed by atoms with Crippen LogP contribution in [0.4, 0.5) is 11.4 Å². The number of anilines is 2. The Morgan fingerprint density at radius 2 is 2.24 bits per heavy atom. The molecule has 1 aromatic rings. The van der Waals surface area contributed by atoms with E-state index in [1.54, 1.807) is 12.1 Å². The van der Waals surface area contributed by atoms with Crippen molar-refractivity contribution >= 4 is 17.3 Å². The third kappa shape index (κ3) is 1.64. The van der Waals surface area contributed by atoms with Crippen molar-refractivity contribution in [2.45, 2.75) is 25.3 Å². The Bertz CT molecular complexity index is 472. The van der Waals surface area contributed by atoms with Crippen LogP contribution < -0.4 is 10.6 Å². The van der Waals surface area contributed by atoms with Crippen LogP contribution in [0, 0.1) is 5.92 Å². The lowest BCUT2D eigenvalue weighted by Crippen LogP contribution is -2.31. The largest absolute Gasteiger partial charge is 0.478 e. The first kappa shape index (κ1) is 10.4. The van der Waals surface area contributed by atoms with Crippen LogP contribution in [0.15, 0.2) is 18.2 Å². The molecule has 2 fully saturated rings. The number of hydrogen-bond acceptors (Lipinski definition) is 3. The van der Waals surface area contributed by atoms with Gasteiger partial charge in [-0.25, -0.2) is 4.79 Å². The van der Waals surface area contributed by atoms with Gasteiger partial charge in [-0.05, 0) is 43.4 Å². The molecule has 2 aliphatic rings. The summed E-state index contributed by atoms with van der Waals surface area (Å²) < 4.78 is 0. The Hall–Kier alpha value is -1.71. The number of fused-ring (bicyclic) bond motifs is 2. The molecule has 2 bridgehead atoms. The number of nitrogens with two attached hydrogens (primary N) is 1. The summed E-state index contributed by atoms with van der Waals surface area (Å²) >= 11 is 0. The fourth-order valence-corrected chi connectivity index (χ4v) is 3.15. The molecule has 0 aromatic heterocycles. The molecular weight excluding hydrogens is 216 g/mol. The van der Waals surface area contributed by atoms with Crippen molar-refractivity contribution in [3.8, 4) is 0 Å². The first-order valence-corrected chi connectivity index (χ1v) is 6.04. The van der Waals surface area contributed by atoms with Gasteiger partial charge in [0.25, 0.3) is 0 Å². The maximum absolute atomic E-state index is 11.1. The Labute approximate surface area is 100 Å². The van der Waals surface area contributed by atoms with Crippen LogP contribution in [0.5, 0.6) is 0 Å². The summed E-state index contributed by atoms with van der Waals surface area (Å²) in [7, 11) is 0. The lowest BCUT2D eigenvalue weighted by Gasteiger charge is -2.29. The minimum absolute atomic E-state index is 0.213. The van der Waals surface area contributed by atoms with Crippen molar-refractivity contribution in [1.29, 1.82) is 0 Å². The van der Waals surface area contributed by atoms with E-state index in [1.165, 1.54) is 19.3 Å². The Morgan fingerprint density at radius 3 is 2.82 bits per heavy atom. The van der Waals surface area contributed by atoms with Crippen LogP contribution in [0.1, 0.15) is 29.6 Å². The molecule has 4 heteroatoms. The Balaban J connectivity index is 1.93. The summed E-state index contributed by atoms with van der Waals surface area (Å²) in [6.07, 6.45) is 3.81. The van der Waals surface area contributed by atoms with Gasteiger partial charge in [-0.15, -0.1) is 0 Å². The van der Waals surface area contributed by atoms with Gasteiger partial charge in [0.2, 0.25) is 0 Å². The number of nitrogens with zero attached hydrogens (tertiary/aromatic N) is 1. The summed E-state index contributed by atoms with van der Waals surface area (Å²) in [6.45, 7) is 1.06. The summed E-state index contributed by atoms with van der Waals surface area (Å²) in [5.41, 5.74) is 7.22. The second-order valence-corrected chi connectivity index (χ2v) is 5.06. The molecule has 1 aliphatic carbocycles. The fourth-order valence-electron chi connectivity index (χ4n) is 3.15. The molecule has 3 rings (SSSR count). The van der Waals surface area contributed by atoms with Crippen molar-refractivity contribution in [3.63, 3.8) is 0 Å². The number of aromatic carboxylic acids is 1. The van der Waals surface area contributed by atoms with Gasteiger partial charge in [0.15, 0.2) is 0 Å². The van der Waals surface area contributed by atoms with Crippen molar-refractivity contribution in [1.82, 2.24) is 0 Å². The highest BCUT2D eigenvalue weighted by molar-refractivity contribution is 5.94. The van der Waals surface area contributed by atoms with E-state index in [0.717, 1.165) is 18.2 Å². The maximum Gasteiger partial charge on any atom is 0.337 e. The van der Waals surface area contributed by atoms with Crippen LogP contribution in [-0.2, 0) is 0 Å². The number of carbonyl (C=O) groups is 1. The summed E-state index contributed by atoms with van der Waals surface area (Å²) in [6, 6.07) is 5.94. The number of rotatable bonds is 2. The second-order valence-electron chi connectivity index (χ2n) is 5.06. The van der Waals surface area contributed by atoms with E-state index in [1.807, 2.05) is 6.07 Å². The molecule has 1 saturated carbocycles. The highest BCUT2D eigenvalue weighted by Gasteiger charge is 2.37. The lowest BCUT2D eigenvalue weighted by atomic mass is 10.1. The van der Waals surface area contributed by atoms with Crippen LogP contribution in [-0.4, -0.2) is 23.7 Å². The third-order valence-electron chi connectivity index (χ3n) is 4.01. The number of carboxylic acids is 1. The smallest absolute Gasteiger partial charge is 0.337 e.